The Kier molecular flexibility index (Phi) is 7.08. The van der Waals surface area contributed by atoms with Crippen molar-refractivity contribution in [3.8, 4) is 11.8 Å². The summed E-state index contributed by atoms with van der Waals surface area (Å²) in [5.41, 5.74) is 1.64. The minimum absolute atomic E-state index is 0.120. The van der Waals surface area contributed by atoms with Crippen molar-refractivity contribution in [2.75, 3.05) is 5.32 Å². The molecule has 0 aliphatic rings. The summed E-state index contributed by atoms with van der Waals surface area (Å²) in [6.45, 7) is 0.228. The Labute approximate surface area is 183 Å². The fraction of sp³-hybridized carbons (Fsp3) is 0.0435. The Balaban J connectivity index is 1.77. The Morgan fingerprint density at radius 1 is 1.07 bits per heavy atom. The topological polar surface area (TPSA) is 62.1 Å². The third-order valence-electron chi connectivity index (χ3n) is 4.06. The van der Waals surface area contributed by atoms with Crippen molar-refractivity contribution in [3.05, 3.63) is 99.3 Å². The summed E-state index contributed by atoms with van der Waals surface area (Å²) in [6.07, 6.45) is 1.43. The van der Waals surface area contributed by atoms with Gasteiger partial charge in [-0.3, -0.25) is 4.79 Å². The number of carbonyl (C=O) groups excluding carboxylic acids is 1. The Hall–Kier alpha value is -3.33. The van der Waals surface area contributed by atoms with E-state index < -0.39 is 11.7 Å². The van der Waals surface area contributed by atoms with E-state index in [1.807, 2.05) is 6.07 Å². The second-order valence-electron chi connectivity index (χ2n) is 6.21. The summed E-state index contributed by atoms with van der Waals surface area (Å²) in [4.78, 5) is 12.4. The minimum Gasteiger partial charge on any atom is -0.488 e. The van der Waals surface area contributed by atoms with Crippen molar-refractivity contribution in [2.24, 2.45) is 0 Å². The van der Waals surface area contributed by atoms with Gasteiger partial charge in [-0.15, -0.1) is 0 Å². The second-order valence-corrected chi connectivity index (χ2v) is 7.02. The first kappa shape index (κ1) is 21.4. The molecular formula is C23H15Cl2FN2O2. The van der Waals surface area contributed by atoms with E-state index >= 15 is 0 Å². The number of rotatable bonds is 6. The summed E-state index contributed by atoms with van der Waals surface area (Å²) in [7, 11) is 0. The van der Waals surface area contributed by atoms with Crippen LogP contribution in [-0.4, -0.2) is 5.91 Å². The Bertz CT molecular complexity index is 1140. The largest absolute Gasteiger partial charge is 0.488 e. The van der Waals surface area contributed by atoms with Gasteiger partial charge in [0.25, 0.3) is 5.91 Å². The van der Waals surface area contributed by atoms with Crippen molar-refractivity contribution in [3.63, 3.8) is 0 Å². The van der Waals surface area contributed by atoms with Gasteiger partial charge < -0.3 is 10.1 Å². The van der Waals surface area contributed by atoms with E-state index in [0.29, 0.717) is 27.0 Å². The molecule has 0 unspecified atom stereocenters. The van der Waals surface area contributed by atoms with Gasteiger partial charge in [-0.05, 0) is 54.1 Å². The van der Waals surface area contributed by atoms with Crippen LogP contribution in [0.1, 0.15) is 11.1 Å². The number of nitrogens with one attached hydrogen (secondary N) is 1. The number of halogens is 3. The van der Waals surface area contributed by atoms with E-state index in [1.165, 1.54) is 30.3 Å². The van der Waals surface area contributed by atoms with E-state index in [4.69, 9.17) is 27.9 Å². The van der Waals surface area contributed by atoms with Gasteiger partial charge in [0.05, 0.1) is 10.0 Å². The van der Waals surface area contributed by atoms with Crippen molar-refractivity contribution in [2.45, 2.75) is 6.61 Å². The van der Waals surface area contributed by atoms with Crippen molar-refractivity contribution < 1.29 is 13.9 Å². The van der Waals surface area contributed by atoms with Crippen LogP contribution < -0.4 is 10.1 Å². The highest BCUT2D eigenvalue weighted by Gasteiger charge is 2.12. The normalized spacial score (nSPS) is 10.9. The number of anilines is 1. The summed E-state index contributed by atoms with van der Waals surface area (Å²) >= 11 is 12.0. The molecule has 0 saturated carbocycles. The van der Waals surface area contributed by atoms with E-state index in [1.54, 1.807) is 42.5 Å². The van der Waals surface area contributed by atoms with Crippen molar-refractivity contribution in [1.82, 2.24) is 0 Å². The molecule has 0 atom stereocenters. The minimum atomic E-state index is -0.608. The molecule has 3 rings (SSSR count). The zero-order valence-corrected chi connectivity index (χ0v) is 17.0. The smallest absolute Gasteiger partial charge is 0.266 e. The number of ether oxygens (including phenoxy) is 1. The first-order valence-electron chi connectivity index (χ1n) is 8.81. The molecular weight excluding hydrogens is 426 g/mol. The van der Waals surface area contributed by atoms with Gasteiger partial charge >= 0.3 is 0 Å². The molecule has 4 nitrogen and oxygen atoms in total. The number of para-hydroxylation sites is 1. The summed E-state index contributed by atoms with van der Waals surface area (Å²) < 4.78 is 18.9. The quantitative estimate of drug-likeness (QED) is 0.363. The van der Waals surface area contributed by atoms with Crippen LogP contribution in [-0.2, 0) is 11.4 Å². The lowest BCUT2D eigenvalue weighted by Crippen LogP contribution is -2.13. The van der Waals surface area contributed by atoms with Gasteiger partial charge in [-0.25, -0.2) is 4.39 Å². The van der Waals surface area contributed by atoms with Gasteiger partial charge in [0.2, 0.25) is 0 Å². The molecule has 30 heavy (non-hydrogen) atoms. The molecule has 0 spiro atoms. The molecule has 0 fully saturated rings. The lowest BCUT2D eigenvalue weighted by Gasteiger charge is -2.10. The average molecular weight is 441 g/mol. The van der Waals surface area contributed by atoms with E-state index in [0.717, 1.165) is 5.56 Å². The van der Waals surface area contributed by atoms with Crippen LogP contribution >= 0.6 is 23.2 Å². The Morgan fingerprint density at radius 3 is 2.50 bits per heavy atom. The van der Waals surface area contributed by atoms with Crippen molar-refractivity contribution >= 4 is 40.9 Å². The third kappa shape index (κ3) is 5.60. The highest BCUT2D eigenvalue weighted by molar-refractivity contribution is 6.42. The second kappa shape index (κ2) is 9.93. The van der Waals surface area contributed by atoms with E-state index in [2.05, 4.69) is 5.32 Å². The molecule has 0 bridgehead atoms. The summed E-state index contributed by atoms with van der Waals surface area (Å²) in [5, 5.41) is 12.9. The molecule has 1 amide bonds. The maximum atomic E-state index is 13.0. The monoisotopic (exact) mass is 440 g/mol. The van der Waals surface area contributed by atoms with Gasteiger partial charge in [-0.2, -0.15) is 5.26 Å². The summed E-state index contributed by atoms with van der Waals surface area (Å²) in [5.74, 6) is -0.536. The summed E-state index contributed by atoms with van der Waals surface area (Å²) in [6, 6.07) is 19.3. The third-order valence-corrected chi connectivity index (χ3v) is 4.80. The first-order chi connectivity index (χ1) is 14.5. The Morgan fingerprint density at radius 2 is 1.80 bits per heavy atom. The highest BCUT2D eigenvalue weighted by atomic mass is 35.5. The van der Waals surface area contributed by atoms with Crippen LogP contribution in [0.2, 0.25) is 10.0 Å². The van der Waals surface area contributed by atoms with Crippen LogP contribution in [0, 0.1) is 17.1 Å². The first-order valence-corrected chi connectivity index (χ1v) is 9.56. The lowest BCUT2D eigenvalue weighted by atomic mass is 10.1. The number of hydrogen-bond acceptors (Lipinski definition) is 3. The van der Waals surface area contributed by atoms with E-state index in [9.17, 15) is 14.4 Å². The highest BCUT2D eigenvalue weighted by Crippen LogP contribution is 2.25. The molecule has 0 heterocycles. The lowest BCUT2D eigenvalue weighted by molar-refractivity contribution is -0.112. The standard InChI is InChI=1S/C23H15Cl2FN2O2/c24-20-10-5-15(11-21(20)25)14-30-22-4-2-1-3-16(22)12-17(13-27)23(29)28-19-8-6-18(26)7-9-19/h1-12H,14H2,(H,28,29)/b17-12+. The molecule has 0 radical (unpaired) electrons. The number of nitriles is 1. The average Bonchev–Trinajstić information content (AvgIpc) is 2.75. The van der Waals surface area contributed by atoms with E-state index in [-0.39, 0.29) is 12.2 Å². The van der Waals surface area contributed by atoms with Gasteiger partial charge in [0, 0.05) is 11.3 Å². The zero-order chi connectivity index (χ0) is 21.5. The zero-order valence-electron chi connectivity index (χ0n) is 15.5. The number of benzene rings is 3. The SMILES string of the molecule is N#C/C(=C\c1ccccc1OCc1ccc(Cl)c(Cl)c1)C(=O)Nc1ccc(F)cc1. The molecule has 3 aromatic rings. The molecule has 0 saturated heterocycles. The fourth-order valence-corrected chi connectivity index (χ4v) is 2.88. The van der Waals surface area contributed by atoms with Crippen LogP contribution in [0.15, 0.2) is 72.3 Å². The van der Waals surface area contributed by atoms with Gasteiger partial charge in [0.15, 0.2) is 0 Å². The van der Waals surface area contributed by atoms with Crippen LogP contribution in [0.4, 0.5) is 10.1 Å². The van der Waals surface area contributed by atoms with Crippen LogP contribution in [0.25, 0.3) is 6.08 Å². The maximum absolute atomic E-state index is 13.0. The molecule has 1 N–H and O–H groups in total. The number of carbonyl (C=O) groups is 1. The predicted molar refractivity (Wildman–Crippen MR) is 116 cm³/mol. The maximum Gasteiger partial charge on any atom is 0.266 e. The molecule has 0 aliphatic carbocycles. The predicted octanol–water partition coefficient (Wildman–Crippen LogP) is 6.26. The van der Waals surface area contributed by atoms with Crippen LogP contribution in [0.3, 0.4) is 0 Å². The molecule has 0 aromatic heterocycles. The number of hydrogen-bond donors (Lipinski definition) is 1. The van der Waals surface area contributed by atoms with Gasteiger partial charge in [0.1, 0.15) is 29.8 Å². The fourth-order valence-electron chi connectivity index (χ4n) is 2.56. The van der Waals surface area contributed by atoms with Gasteiger partial charge in [-0.1, -0.05) is 47.5 Å². The number of nitrogens with zero attached hydrogens (tertiary/aromatic N) is 1. The number of amides is 1. The van der Waals surface area contributed by atoms with Crippen LogP contribution in [0.5, 0.6) is 5.75 Å². The molecule has 150 valence electrons. The van der Waals surface area contributed by atoms with Crippen molar-refractivity contribution in [1.29, 1.82) is 5.26 Å². The molecule has 3 aromatic carbocycles. The molecule has 7 heteroatoms. The molecule has 0 aliphatic heterocycles.